The lowest BCUT2D eigenvalue weighted by Gasteiger charge is -2.51. The molecule has 1 unspecified atom stereocenters. The summed E-state index contributed by atoms with van der Waals surface area (Å²) in [7, 11) is 0. The van der Waals surface area contributed by atoms with Crippen molar-refractivity contribution in [3.05, 3.63) is 108 Å². The van der Waals surface area contributed by atoms with Crippen molar-refractivity contribution in [2.45, 2.75) is 31.5 Å². The number of quaternary nitrogens is 1. The van der Waals surface area contributed by atoms with Gasteiger partial charge in [-0.1, -0.05) is 48.5 Å². The maximum atomic E-state index is 13.6. The van der Waals surface area contributed by atoms with Gasteiger partial charge in [-0.2, -0.15) is 0 Å². The molecule has 1 N–H and O–H groups in total. The van der Waals surface area contributed by atoms with Gasteiger partial charge in [0.15, 0.2) is 12.1 Å². The van der Waals surface area contributed by atoms with E-state index in [4.69, 9.17) is 14.1 Å². The molecule has 3 aliphatic heterocycles. The van der Waals surface area contributed by atoms with E-state index in [1.807, 2.05) is 60.7 Å². The zero-order chi connectivity index (χ0) is 26.0. The van der Waals surface area contributed by atoms with Crippen molar-refractivity contribution in [3.63, 3.8) is 0 Å². The molecule has 4 heterocycles. The predicted octanol–water partition coefficient (Wildman–Crippen LogP) is 2.99. The third kappa shape index (κ3) is 6.00. The van der Waals surface area contributed by atoms with Crippen LogP contribution in [0.3, 0.4) is 0 Å². The molecular formula is C31H31ClFN3O3. The molecule has 0 radical (unpaired) electrons. The summed E-state index contributed by atoms with van der Waals surface area (Å²) in [5.74, 6) is 0.294. The number of nitrogens with zero attached hydrogens (tertiary/aromatic N) is 2. The number of para-hydroxylation sites is 1. The van der Waals surface area contributed by atoms with Crippen LogP contribution in [0.15, 0.2) is 95.6 Å². The number of anilines is 1. The fourth-order valence-electron chi connectivity index (χ4n) is 5.87. The van der Waals surface area contributed by atoms with Gasteiger partial charge in [0.2, 0.25) is 5.89 Å². The average Bonchev–Trinajstić information content (AvgIpc) is 3.42. The molecule has 6 nitrogen and oxygen atoms in total. The van der Waals surface area contributed by atoms with Gasteiger partial charge < -0.3 is 31.4 Å². The first-order chi connectivity index (χ1) is 18.6. The number of esters is 1. The minimum Gasteiger partial charge on any atom is -1.00 e. The van der Waals surface area contributed by atoms with Crippen LogP contribution in [-0.2, 0) is 16.1 Å². The molecule has 1 aromatic heterocycles. The van der Waals surface area contributed by atoms with Gasteiger partial charge >= 0.3 is 5.97 Å². The molecule has 8 heteroatoms. The molecule has 3 aliphatic rings. The highest BCUT2D eigenvalue weighted by Gasteiger charge is 2.48. The van der Waals surface area contributed by atoms with E-state index in [0.29, 0.717) is 17.4 Å². The van der Waals surface area contributed by atoms with Crippen LogP contribution in [0.2, 0.25) is 0 Å². The number of oxazole rings is 1. The van der Waals surface area contributed by atoms with Crippen LogP contribution in [0.25, 0.3) is 11.5 Å². The van der Waals surface area contributed by atoms with Crippen LogP contribution < -0.4 is 17.7 Å². The molecule has 4 aromatic rings. The molecular weight excluding hydrogens is 517 g/mol. The third-order valence-electron chi connectivity index (χ3n) is 7.90. The second-order valence-corrected chi connectivity index (χ2v) is 10.4. The lowest BCUT2D eigenvalue weighted by Crippen LogP contribution is -3.00. The Hall–Kier alpha value is -3.68. The molecule has 2 atom stereocenters. The van der Waals surface area contributed by atoms with Crippen molar-refractivity contribution in [2.24, 2.45) is 5.92 Å². The van der Waals surface area contributed by atoms with E-state index >= 15 is 0 Å². The molecule has 3 fully saturated rings. The summed E-state index contributed by atoms with van der Waals surface area (Å²) in [6, 6.07) is 24.7. The first-order valence-electron chi connectivity index (χ1n) is 13.2. The van der Waals surface area contributed by atoms with Gasteiger partial charge in [-0.05, 0) is 42.0 Å². The zero-order valence-electron chi connectivity index (χ0n) is 21.5. The second kappa shape index (κ2) is 11.6. The summed E-state index contributed by atoms with van der Waals surface area (Å²) in [4.78, 5) is 18.3. The SMILES string of the molecule is O=C(O[C@H]1C[N+]2(Cc3coc(-c4ccccc4)n3)CCC1CC2)C(Nc1ccccc1)c1ccc(F)cc1.[Cl-]. The Kier molecular flexibility index (Phi) is 8.00. The molecule has 3 saturated heterocycles. The molecule has 202 valence electrons. The lowest BCUT2D eigenvalue weighted by atomic mass is 9.83. The van der Waals surface area contributed by atoms with E-state index < -0.39 is 6.04 Å². The molecule has 39 heavy (non-hydrogen) atoms. The number of carbonyl (C=O) groups is 1. The summed E-state index contributed by atoms with van der Waals surface area (Å²) in [5.41, 5.74) is 3.35. The highest BCUT2D eigenvalue weighted by molar-refractivity contribution is 5.81. The number of halogens is 2. The minimum atomic E-state index is -0.731. The van der Waals surface area contributed by atoms with Gasteiger partial charge in [0.25, 0.3) is 0 Å². The largest absolute Gasteiger partial charge is 1.00 e. The summed E-state index contributed by atoms with van der Waals surface area (Å²) in [6.45, 7) is 3.58. The van der Waals surface area contributed by atoms with Gasteiger partial charge in [0, 0.05) is 30.0 Å². The van der Waals surface area contributed by atoms with Crippen LogP contribution in [0.5, 0.6) is 0 Å². The predicted molar refractivity (Wildman–Crippen MR) is 142 cm³/mol. The number of carbonyl (C=O) groups excluding carboxylic acids is 1. The van der Waals surface area contributed by atoms with Gasteiger partial charge in [-0.15, -0.1) is 0 Å². The van der Waals surface area contributed by atoms with Crippen LogP contribution in [-0.4, -0.2) is 41.2 Å². The Morgan fingerprint density at radius 3 is 2.36 bits per heavy atom. The number of hydrogen-bond acceptors (Lipinski definition) is 5. The van der Waals surface area contributed by atoms with Crippen LogP contribution in [0.1, 0.15) is 30.1 Å². The number of fused-ring (bicyclic) bond motifs is 3. The number of benzene rings is 3. The van der Waals surface area contributed by atoms with E-state index in [1.165, 1.54) is 12.1 Å². The Labute approximate surface area is 233 Å². The lowest BCUT2D eigenvalue weighted by molar-refractivity contribution is -0.958. The Balaban J connectivity index is 0.00000308. The van der Waals surface area contributed by atoms with E-state index in [9.17, 15) is 9.18 Å². The Morgan fingerprint density at radius 2 is 1.67 bits per heavy atom. The molecule has 7 rings (SSSR count). The van der Waals surface area contributed by atoms with E-state index in [-0.39, 0.29) is 30.3 Å². The summed E-state index contributed by atoms with van der Waals surface area (Å²) in [6.07, 6.45) is 3.60. The number of nitrogens with one attached hydrogen (secondary N) is 1. The van der Waals surface area contributed by atoms with Gasteiger partial charge in [0.05, 0.1) is 13.1 Å². The molecule has 2 bridgehead atoms. The third-order valence-corrected chi connectivity index (χ3v) is 7.90. The number of hydrogen-bond donors (Lipinski definition) is 1. The highest BCUT2D eigenvalue weighted by atomic mass is 35.5. The zero-order valence-corrected chi connectivity index (χ0v) is 22.3. The van der Waals surface area contributed by atoms with Gasteiger partial charge in [-0.25, -0.2) is 14.2 Å². The van der Waals surface area contributed by atoms with Crippen molar-refractivity contribution < 1.29 is 35.2 Å². The Bertz CT molecular complexity index is 1370. The second-order valence-electron chi connectivity index (χ2n) is 10.4. The maximum absolute atomic E-state index is 13.6. The fraction of sp³-hybridized carbons (Fsp3) is 0.290. The monoisotopic (exact) mass is 547 g/mol. The average molecular weight is 548 g/mol. The number of aromatic nitrogens is 1. The minimum absolute atomic E-state index is 0. The highest BCUT2D eigenvalue weighted by Crippen LogP contribution is 2.38. The van der Waals surface area contributed by atoms with Gasteiger partial charge in [-0.3, -0.25) is 0 Å². The molecule has 0 amide bonds. The van der Waals surface area contributed by atoms with Crippen molar-refractivity contribution in [1.29, 1.82) is 0 Å². The summed E-state index contributed by atoms with van der Waals surface area (Å²) < 4.78 is 26.5. The molecule has 0 spiro atoms. The molecule has 0 aliphatic carbocycles. The van der Waals surface area contributed by atoms with Crippen LogP contribution in [0.4, 0.5) is 10.1 Å². The van der Waals surface area contributed by atoms with Crippen LogP contribution >= 0.6 is 0 Å². The fourth-order valence-corrected chi connectivity index (χ4v) is 5.87. The Morgan fingerprint density at radius 1 is 1.00 bits per heavy atom. The molecule has 3 aromatic carbocycles. The normalized spacial score (nSPS) is 22.5. The van der Waals surface area contributed by atoms with Crippen LogP contribution in [0, 0.1) is 11.7 Å². The topological polar surface area (TPSA) is 64.4 Å². The van der Waals surface area contributed by atoms with Crippen molar-refractivity contribution in [1.82, 2.24) is 4.98 Å². The number of rotatable bonds is 8. The van der Waals surface area contributed by atoms with Crippen molar-refractivity contribution in [2.75, 3.05) is 25.0 Å². The smallest absolute Gasteiger partial charge is 0.333 e. The number of piperidine rings is 3. The van der Waals surface area contributed by atoms with Crippen molar-refractivity contribution in [3.8, 4) is 11.5 Å². The van der Waals surface area contributed by atoms with E-state index in [1.54, 1.807) is 18.4 Å². The van der Waals surface area contributed by atoms with Crippen molar-refractivity contribution >= 4 is 11.7 Å². The molecule has 0 saturated carbocycles. The van der Waals surface area contributed by atoms with E-state index in [0.717, 1.165) is 60.4 Å². The maximum Gasteiger partial charge on any atom is 0.333 e. The standard InChI is InChI=1S/C31H31FN3O3.ClH/c32-25-13-11-23(12-14-25)29(33-26-9-5-2-6-10-26)31(36)38-28-20-35(17-15-22(28)16-18-35)19-27-21-37-30(34-27)24-7-3-1-4-8-24;/h1-14,21-22,28-29,33H,15-20H2;1H/q+1;/p-1/t22?,28-,29?,35?;/m0./s1. The van der Waals surface area contributed by atoms with E-state index in [2.05, 4.69) is 5.32 Å². The quantitative estimate of drug-likeness (QED) is 0.271. The first-order valence-corrected chi connectivity index (χ1v) is 13.2. The summed E-state index contributed by atoms with van der Waals surface area (Å²) >= 11 is 0. The first kappa shape index (κ1) is 26.9. The summed E-state index contributed by atoms with van der Waals surface area (Å²) in [5, 5.41) is 3.29. The van der Waals surface area contributed by atoms with Gasteiger partial charge in [0.1, 0.15) is 30.9 Å². The number of ether oxygens (including phenoxy) is 1.